The second-order valence-electron chi connectivity index (χ2n) is 4.80. The molecule has 1 aromatic heterocycles. The third-order valence-electron chi connectivity index (χ3n) is 3.80. The summed E-state index contributed by atoms with van der Waals surface area (Å²) >= 11 is 6.00. The van der Waals surface area contributed by atoms with E-state index in [9.17, 15) is 0 Å². The van der Waals surface area contributed by atoms with Gasteiger partial charge in [0.05, 0.1) is 23.1 Å². The number of halogens is 1. The Labute approximate surface area is 116 Å². The molecule has 0 bridgehead atoms. The minimum atomic E-state index is 0.324. The fourth-order valence-corrected chi connectivity index (χ4v) is 2.89. The van der Waals surface area contributed by atoms with Crippen molar-refractivity contribution >= 4 is 22.6 Å². The summed E-state index contributed by atoms with van der Waals surface area (Å²) in [6.45, 7) is 0. The van der Waals surface area contributed by atoms with E-state index in [4.69, 9.17) is 21.6 Å². The number of rotatable bonds is 3. The number of para-hydroxylation sites is 1. The highest BCUT2D eigenvalue weighted by Gasteiger charge is 2.33. The van der Waals surface area contributed by atoms with Gasteiger partial charge in [-0.05, 0) is 25.0 Å². The van der Waals surface area contributed by atoms with E-state index in [1.807, 2.05) is 12.1 Å². The third kappa shape index (κ3) is 1.90. The maximum absolute atomic E-state index is 9.15. The number of alkyl halides is 1. The fraction of sp³-hybridized carbons (Fsp3) is 0.429. The van der Waals surface area contributed by atoms with Crippen molar-refractivity contribution in [1.29, 1.82) is 5.26 Å². The average Bonchev–Trinajstić information content (AvgIpc) is 2.76. The summed E-state index contributed by atoms with van der Waals surface area (Å²) in [6.07, 6.45) is 2.27. The molecule has 0 atom stereocenters. The maximum atomic E-state index is 9.15. The summed E-state index contributed by atoms with van der Waals surface area (Å²) in [5.41, 5.74) is 2.35. The number of methoxy groups -OCH3 is 1. The lowest BCUT2D eigenvalue weighted by Gasteiger charge is -2.36. The van der Waals surface area contributed by atoms with E-state index >= 15 is 0 Å². The Kier molecular flexibility index (Phi) is 3.17. The summed E-state index contributed by atoms with van der Waals surface area (Å²) in [5, 5.41) is 9.15. The summed E-state index contributed by atoms with van der Waals surface area (Å²) in [7, 11) is 1.74. The molecule has 0 unspecified atom stereocenters. The Balaban J connectivity index is 2.10. The van der Waals surface area contributed by atoms with Crippen LogP contribution >= 0.6 is 11.6 Å². The van der Waals surface area contributed by atoms with Crippen LogP contribution in [0, 0.1) is 11.3 Å². The Morgan fingerprint density at radius 2 is 2.32 bits per heavy atom. The number of nitrogens with zero attached hydrogens (tertiary/aromatic N) is 3. The van der Waals surface area contributed by atoms with E-state index < -0.39 is 0 Å². The fourth-order valence-electron chi connectivity index (χ4n) is 2.70. The lowest BCUT2D eigenvalue weighted by molar-refractivity contribution is 0.00675. The second kappa shape index (κ2) is 4.84. The zero-order valence-electron chi connectivity index (χ0n) is 10.6. The lowest BCUT2D eigenvalue weighted by atomic mass is 9.88. The zero-order chi connectivity index (χ0) is 13.4. The van der Waals surface area contributed by atoms with Crippen LogP contribution in [0.25, 0.3) is 11.0 Å². The van der Waals surface area contributed by atoms with Crippen LogP contribution in [0.3, 0.4) is 0 Å². The normalized spacial score (nSPS) is 22.2. The van der Waals surface area contributed by atoms with Crippen molar-refractivity contribution in [2.24, 2.45) is 0 Å². The first kappa shape index (κ1) is 12.5. The molecular formula is C14H14ClN3O. The average molecular weight is 276 g/mol. The van der Waals surface area contributed by atoms with Crippen molar-refractivity contribution in [3.63, 3.8) is 0 Å². The molecule has 98 valence electrons. The summed E-state index contributed by atoms with van der Waals surface area (Å²) < 4.78 is 7.49. The summed E-state index contributed by atoms with van der Waals surface area (Å²) in [5.74, 6) is 1.19. The molecule has 0 spiro atoms. The van der Waals surface area contributed by atoms with Gasteiger partial charge in [0.1, 0.15) is 17.4 Å². The van der Waals surface area contributed by atoms with E-state index in [1.54, 1.807) is 13.2 Å². The molecule has 3 rings (SSSR count). The molecule has 19 heavy (non-hydrogen) atoms. The maximum Gasteiger partial charge on any atom is 0.125 e. The van der Waals surface area contributed by atoms with E-state index in [0.29, 0.717) is 23.6 Å². The third-order valence-corrected chi connectivity index (χ3v) is 4.04. The molecule has 1 aliphatic rings. The van der Waals surface area contributed by atoms with Gasteiger partial charge in [-0.25, -0.2) is 4.98 Å². The van der Waals surface area contributed by atoms with Crippen LogP contribution in [0.5, 0.6) is 0 Å². The van der Waals surface area contributed by atoms with Crippen LogP contribution in [0.2, 0.25) is 0 Å². The van der Waals surface area contributed by atoms with Crippen molar-refractivity contribution in [1.82, 2.24) is 9.55 Å². The van der Waals surface area contributed by atoms with Crippen LogP contribution in [0.1, 0.15) is 30.3 Å². The Hall–Kier alpha value is -1.57. The van der Waals surface area contributed by atoms with Gasteiger partial charge < -0.3 is 9.30 Å². The number of nitriles is 1. The van der Waals surface area contributed by atoms with Gasteiger partial charge in [-0.15, -0.1) is 11.6 Å². The Bertz CT molecular complexity index is 652. The molecule has 0 radical (unpaired) electrons. The van der Waals surface area contributed by atoms with E-state index in [2.05, 4.69) is 15.6 Å². The highest BCUT2D eigenvalue weighted by atomic mass is 35.5. The van der Waals surface area contributed by atoms with Crippen molar-refractivity contribution in [2.45, 2.75) is 30.9 Å². The lowest BCUT2D eigenvalue weighted by Crippen LogP contribution is -2.33. The van der Waals surface area contributed by atoms with E-state index in [-0.39, 0.29) is 0 Å². The zero-order valence-corrected chi connectivity index (χ0v) is 11.4. The number of hydrogen-bond acceptors (Lipinski definition) is 3. The molecule has 0 N–H and O–H groups in total. The number of aromatic nitrogens is 2. The number of imidazole rings is 1. The standard InChI is InChI=1S/C14H14ClN3O/c1-19-11-5-10(6-11)18-12-4-2-3-9(8-16)14(12)17-13(18)7-15/h2-4,10-11H,5-7H2,1H3. The highest BCUT2D eigenvalue weighted by Crippen LogP contribution is 2.38. The summed E-state index contributed by atoms with van der Waals surface area (Å²) in [6, 6.07) is 8.24. The summed E-state index contributed by atoms with van der Waals surface area (Å²) in [4.78, 5) is 4.52. The highest BCUT2D eigenvalue weighted by molar-refractivity contribution is 6.16. The minimum Gasteiger partial charge on any atom is -0.381 e. The SMILES string of the molecule is COC1CC(n2c(CCl)nc3c(C#N)cccc32)C1. The quantitative estimate of drug-likeness (QED) is 0.809. The van der Waals surface area contributed by atoms with Crippen molar-refractivity contribution in [3.05, 3.63) is 29.6 Å². The van der Waals surface area contributed by atoms with Crippen molar-refractivity contribution < 1.29 is 4.74 Å². The molecule has 4 nitrogen and oxygen atoms in total. The van der Waals surface area contributed by atoms with Gasteiger partial charge in [-0.3, -0.25) is 0 Å². The van der Waals surface area contributed by atoms with E-state index in [1.165, 1.54) is 0 Å². The van der Waals surface area contributed by atoms with Crippen molar-refractivity contribution in [2.75, 3.05) is 7.11 Å². The number of hydrogen-bond donors (Lipinski definition) is 0. The Morgan fingerprint density at radius 1 is 1.53 bits per heavy atom. The molecule has 0 aliphatic heterocycles. The predicted molar refractivity (Wildman–Crippen MR) is 73.1 cm³/mol. The van der Waals surface area contributed by atoms with Crippen LogP contribution in [-0.4, -0.2) is 22.8 Å². The molecule has 0 saturated heterocycles. The van der Waals surface area contributed by atoms with Gasteiger partial charge in [0.15, 0.2) is 0 Å². The van der Waals surface area contributed by atoms with Gasteiger partial charge in [-0.1, -0.05) is 6.07 Å². The minimum absolute atomic E-state index is 0.324. The number of benzene rings is 1. The molecular weight excluding hydrogens is 262 g/mol. The van der Waals surface area contributed by atoms with Crippen LogP contribution in [-0.2, 0) is 10.6 Å². The van der Waals surface area contributed by atoms with E-state index in [0.717, 1.165) is 29.7 Å². The molecule has 2 aromatic rings. The largest absolute Gasteiger partial charge is 0.381 e. The first-order valence-corrected chi connectivity index (χ1v) is 6.80. The first-order chi connectivity index (χ1) is 9.28. The topological polar surface area (TPSA) is 50.8 Å². The van der Waals surface area contributed by atoms with Crippen molar-refractivity contribution in [3.8, 4) is 6.07 Å². The molecule has 0 amide bonds. The molecule has 1 aromatic carbocycles. The number of fused-ring (bicyclic) bond motifs is 1. The first-order valence-electron chi connectivity index (χ1n) is 6.27. The van der Waals surface area contributed by atoms with Gasteiger partial charge in [0.2, 0.25) is 0 Å². The van der Waals surface area contributed by atoms with Crippen LogP contribution in [0.15, 0.2) is 18.2 Å². The Morgan fingerprint density at radius 3 is 2.95 bits per heavy atom. The monoisotopic (exact) mass is 275 g/mol. The van der Waals surface area contributed by atoms with Gasteiger partial charge in [0, 0.05) is 13.2 Å². The smallest absolute Gasteiger partial charge is 0.125 e. The molecule has 1 saturated carbocycles. The van der Waals surface area contributed by atoms with Crippen LogP contribution < -0.4 is 0 Å². The van der Waals surface area contributed by atoms with Gasteiger partial charge in [-0.2, -0.15) is 5.26 Å². The van der Waals surface area contributed by atoms with Gasteiger partial charge in [0.25, 0.3) is 0 Å². The predicted octanol–water partition coefficient (Wildman–Crippen LogP) is 3.00. The molecule has 1 heterocycles. The molecule has 1 fully saturated rings. The van der Waals surface area contributed by atoms with Crippen LogP contribution in [0.4, 0.5) is 0 Å². The number of ether oxygens (including phenoxy) is 1. The van der Waals surface area contributed by atoms with Gasteiger partial charge >= 0.3 is 0 Å². The molecule has 1 aliphatic carbocycles. The molecule has 5 heteroatoms. The second-order valence-corrected chi connectivity index (χ2v) is 5.07.